The number of nitrogens with zero attached hydrogens (tertiary/aromatic N) is 1. The van der Waals surface area contributed by atoms with Crippen LogP contribution in [0, 0.1) is 5.82 Å². The second-order valence-corrected chi connectivity index (χ2v) is 6.15. The molecule has 0 fully saturated rings. The maximum atomic E-state index is 13.0. The number of hydrogen-bond donors (Lipinski definition) is 2. The molecule has 0 aliphatic rings. The number of carbonyl (C=O) groups excluding carboxylic acids is 1. The predicted molar refractivity (Wildman–Crippen MR) is 86.8 cm³/mol. The van der Waals surface area contributed by atoms with Crippen LogP contribution in [0.4, 0.5) is 4.39 Å². The fraction of sp³-hybridized carbons (Fsp3) is 0.533. The second-order valence-electron chi connectivity index (χ2n) is 5.16. The smallest absolute Gasteiger partial charge is 0.237 e. The Bertz CT molecular complexity index is 439. The third-order valence-corrected chi connectivity index (χ3v) is 3.96. The molecule has 0 bridgehead atoms. The van der Waals surface area contributed by atoms with Crippen molar-refractivity contribution in [2.45, 2.75) is 18.5 Å². The third-order valence-electron chi connectivity index (χ3n) is 3.32. The lowest BCUT2D eigenvalue weighted by molar-refractivity contribution is -0.122. The van der Waals surface area contributed by atoms with Crippen molar-refractivity contribution in [2.24, 2.45) is 5.73 Å². The fourth-order valence-corrected chi connectivity index (χ4v) is 2.48. The molecule has 0 aliphatic carbocycles. The summed E-state index contributed by atoms with van der Waals surface area (Å²) in [5.41, 5.74) is 6.79. The van der Waals surface area contributed by atoms with Crippen LogP contribution in [0.1, 0.15) is 18.0 Å². The molecule has 21 heavy (non-hydrogen) atoms. The van der Waals surface area contributed by atoms with E-state index in [9.17, 15) is 9.18 Å². The van der Waals surface area contributed by atoms with Crippen LogP contribution in [0.25, 0.3) is 0 Å². The molecular formula is C15H24FN3OS. The molecule has 1 aromatic rings. The molecular weight excluding hydrogens is 289 g/mol. The molecule has 0 saturated heterocycles. The zero-order chi connectivity index (χ0) is 15.8. The van der Waals surface area contributed by atoms with Gasteiger partial charge in [-0.2, -0.15) is 11.8 Å². The summed E-state index contributed by atoms with van der Waals surface area (Å²) in [5.74, 6) is 0.460. The maximum absolute atomic E-state index is 13.0. The van der Waals surface area contributed by atoms with Gasteiger partial charge in [0.15, 0.2) is 0 Å². The van der Waals surface area contributed by atoms with Crippen molar-refractivity contribution in [2.75, 3.05) is 32.6 Å². The largest absolute Gasteiger partial charge is 0.353 e. The Balaban J connectivity index is 2.59. The number of halogens is 1. The van der Waals surface area contributed by atoms with Crippen LogP contribution < -0.4 is 11.1 Å². The van der Waals surface area contributed by atoms with E-state index in [1.165, 1.54) is 12.1 Å². The zero-order valence-electron chi connectivity index (χ0n) is 12.8. The summed E-state index contributed by atoms with van der Waals surface area (Å²) in [6.45, 7) is 0.449. The highest BCUT2D eigenvalue weighted by Gasteiger charge is 2.18. The highest BCUT2D eigenvalue weighted by Crippen LogP contribution is 2.17. The highest BCUT2D eigenvalue weighted by atomic mass is 32.2. The molecule has 0 spiro atoms. The number of nitrogens with two attached hydrogens (primary N) is 1. The Morgan fingerprint density at radius 2 is 2.00 bits per heavy atom. The van der Waals surface area contributed by atoms with E-state index in [4.69, 9.17) is 5.73 Å². The minimum atomic E-state index is -0.478. The van der Waals surface area contributed by atoms with Crippen LogP contribution >= 0.6 is 11.8 Å². The molecule has 1 aromatic carbocycles. The van der Waals surface area contributed by atoms with Crippen LogP contribution in [0.3, 0.4) is 0 Å². The van der Waals surface area contributed by atoms with Gasteiger partial charge >= 0.3 is 0 Å². The van der Waals surface area contributed by atoms with Crippen LogP contribution in [0.2, 0.25) is 0 Å². The van der Waals surface area contributed by atoms with Gasteiger partial charge in [-0.15, -0.1) is 0 Å². The van der Waals surface area contributed by atoms with E-state index in [0.717, 1.165) is 11.3 Å². The maximum Gasteiger partial charge on any atom is 0.237 e. The van der Waals surface area contributed by atoms with Gasteiger partial charge in [0.1, 0.15) is 5.82 Å². The van der Waals surface area contributed by atoms with Crippen LogP contribution in [0.15, 0.2) is 24.3 Å². The Hall–Kier alpha value is -1.11. The van der Waals surface area contributed by atoms with E-state index < -0.39 is 6.04 Å². The van der Waals surface area contributed by atoms with E-state index in [2.05, 4.69) is 5.32 Å². The molecule has 1 amide bonds. The molecule has 118 valence electrons. The molecule has 3 N–H and O–H groups in total. The molecule has 2 atom stereocenters. The number of hydrogen-bond acceptors (Lipinski definition) is 4. The summed E-state index contributed by atoms with van der Waals surface area (Å²) in [6.07, 6.45) is 2.65. The summed E-state index contributed by atoms with van der Waals surface area (Å²) in [7, 11) is 3.85. The van der Waals surface area contributed by atoms with E-state index in [1.54, 1.807) is 23.9 Å². The van der Waals surface area contributed by atoms with Gasteiger partial charge in [-0.25, -0.2) is 4.39 Å². The predicted octanol–water partition coefficient (Wildman–Crippen LogP) is 1.62. The number of likely N-dealkylation sites (N-methyl/N-ethyl adjacent to an activating group) is 1. The Morgan fingerprint density at radius 1 is 1.38 bits per heavy atom. The molecule has 6 heteroatoms. The minimum Gasteiger partial charge on any atom is -0.353 e. The Labute approximate surface area is 130 Å². The van der Waals surface area contributed by atoms with Crippen molar-refractivity contribution in [1.82, 2.24) is 10.2 Å². The second kappa shape index (κ2) is 9.02. The number of rotatable bonds is 8. The lowest BCUT2D eigenvalue weighted by Gasteiger charge is -2.25. The van der Waals surface area contributed by atoms with Crippen molar-refractivity contribution in [3.05, 3.63) is 35.6 Å². The van der Waals surface area contributed by atoms with Gasteiger partial charge in [0.05, 0.1) is 12.1 Å². The van der Waals surface area contributed by atoms with Gasteiger partial charge < -0.3 is 16.0 Å². The molecule has 0 aromatic heterocycles. The van der Waals surface area contributed by atoms with Crippen molar-refractivity contribution >= 4 is 17.7 Å². The average Bonchev–Trinajstić information content (AvgIpc) is 2.46. The summed E-state index contributed by atoms with van der Waals surface area (Å²) in [6, 6.07) is 5.84. The first-order valence-electron chi connectivity index (χ1n) is 6.89. The number of nitrogens with one attached hydrogen (secondary N) is 1. The highest BCUT2D eigenvalue weighted by molar-refractivity contribution is 7.98. The van der Waals surface area contributed by atoms with Crippen LogP contribution in [-0.2, 0) is 4.79 Å². The molecule has 0 saturated carbocycles. The first kappa shape index (κ1) is 17.9. The van der Waals surface area contributed by atoms with Crippen molar-refractivity contribution < 1.29 is 9.18 Å². The topological polar surface area (TPSA) is 58.4 Å². The Morgan fingerprint density at radius 3 is 2.52 bits per heavy atom. The standard InChI is InChI=1S/C15H24FN3OS/c1-19(2)14(11-4-6-12(16)7-5-11)10-18-15(20)13(17)8-9-21-3/h4-7,13-14H,8-10,17H2,1-3H3,(H,18,20). The van der Waals surface area contributed by atoms with Crippen molar-refractivity contribution in [3.63, 3.8) is 0 Å². The van der Waals surface area contributed by atoms with E-state index >= 15 is 0 Å². The summed E-state index contributed by atoms with van der Waals surface area (Å²) < 4.78 is 13.0. The molecule has 0 radical (unpaired) electrons. The molecule has 0 heterocycles. The quantitative estimate of drug-likeness (QED) is 0.766. The number of carbonyl (C=O) groups is 1. The van der Waals surface area contributed by atoms with Crippen molar-refractivity contribution in [1.29, 1.82) is 0 Å². The van der Waals surface area contributed by atoms with Crippen LogP contribution in [0.5, 0.6) is 0 Å². The fourth-order valence-electron chi connectivity index (χ4n) is 1.99. The number of thioether (sulfide) groups is 1. The monoisotopic (exact) mass is 313 g/mol. The average molecular weight is 313 g/mol. The molecule has 1 rings (SSSR count). The SMILES string of the molecule is CSCCC(N)C(=O)NCC(c1ccc(F)cc1)N(C)C. The van der Waals surface area contributed by atoms with Gasteiger partial charge in [0.25, 0.3) is 0 Å². The van der Waals surface area contributed by atoms with Gasteiger partial charge in [-0.1, -0.05) is 12.1 Å². The Kier molecular flexibility index (Phi) is 7.71. The van der Waals surface area contributed by atoms with Gasteiger partial charge in [-0.3, -0.25) is 4.79 Å². The minimum absolute atomic E-state index is 0.0118. The lowest BCUT2D eigenvalue weighted by atomic mass is 10.1. The van der Waals surface area contributed by atoms with E-state index in [0.29, 0.717) is 13.0 Å². The van der Waals surface area contributed by atoms with E-state index in [-0.39, 0.29) is 17.8 Å². The van der Waals surface area contributed by atoms with E-state index in [1.807, 2.05) is 25.3 Å². The van der Waals surface area contributed by atoms with Gasteiger partial charge in [-0.05, 0) is 50.2 Å². The summed E-state index contributed by atoms with van der Waals surface area (Å²) in [5, 5.41) is 2.88. The molecule has 0 aliphatic heterocycles. The number of amides is 1. The first-order valence-corrected chi connectivity index (χ1v) is 8.29. The normalized spacial score (nSPS) is 14.0. The number of benzene rings is 1. The van der Waals surface area contributed by atoms with Crippen molar-refractivity contribution in [3.8, 4) is 0 Å². The van der Waals surface area contributed by atoms with Gasteiger partial charge in [0, 0.05) is 6.54 Å². The zero-order valence-corrected chi connectivity index (χ0v) is 13.6. The molecule has 2 unspecified atom stereocenters. The first-order chi connectivity index (χ1) is 9.95. The third kappa shape index (κ3) is 6.03. The molecule has 4 nitrogen and oxygen atoms in total. The van der Waals surface area contributed by atoms with Crippen LogP contribution in [-0.4, -0.2) is 49.5 Å². The summed E-state index contributed by atoms with van der Waals surface area (Å²) >= 11 is 1.67. The van der Waals surface area contributed by atoms with Gasteiger partial charge in [0.2, 0.25) is 5.91 Å². The summed E-state index contributed by atoms with van der Waals surface area (Å²) in [4.78, 5) is 13.9. The lowest BCUT2D eigenvalue weighted by Crippen LogP contribution is -2.44.